The molecule has 0 spiro atoms. The monoisotopic (exact) mass is 254 g/mol. The van der Waals surface area contributed by atoms with Gasteiger partial charge in [0.15, 0.2) is 0 Å². The van der Waals surface area contributed by atoms with Gasteiger partial charge in [-0.3, -0.25) is 4.90 Å². The zero-order chi connectivity index (χ0) is 13.3. The Balaban J connectivity index is 3.49. The van der Waals surface area contributed by atoms with Crippen molar-refractivity contribution in [1.82, 2.24) is 10.2 Å². The third kappa shape index (κ3) is 12.0. The van der Waals surface area contributed by atoms with E-state index < -0.39 is 12.7 Å². The summed E-state index contributed by atoms with van der Waals surface area (Å²) in [5.74, 6) is 0. The predicted octanol–water partition coefficient (Wildman–Crippen LogP) is 3.04. The summed E-state index contributed by atoms with van der Waals surface area (Å²) >= 11 is 0. The van der Waals surface area contributed by atoms with E-state index in [2.05, 4.69) is 19.2 Å². The first-order chi connectivity index (χ1) is 7.85. The first-order valence-electron chi connectivity index (χ1n) is 6.34. The lowest BCUT2D eigenvalue weighted by atomic mass is 10.1. The van der Waals surface area contributed by atoms with Crippen LogP contribution >= 0.6 is 0 Å². The van der Waals surface area contributed by atoms with E-state index in [-0.39, 0.29) is 0 Å². The van der Waals surface area contributed by atoms with E-state index in [0.29, 0.717) is 19.1 Å². The standard InChI is InChI=1S/C12H25F3N2/c1-4-5-6-7-11(2)16-8-9-17(3)10-12(13,14)15/h11,16H,4-10H2,1-3H3. The smallest absolute Gasteiger partial charge is 0.313 e. The summed E-state index contributed by atoms with van der Waals surface area (Å²) in [5.41, 5.74) is 0. The second kappa shape index (κ2) is 8.75. The molecule has 17 heavy (non-hydrogen) atoms. The minimum Gasteiger partial charge on any atom is -0.313 e. The van der Waals surface area contributed by atoms with Gasteiger partial charge in [0.05, 0.1) is 6.54 Å². The highest BCUT2D eigenvalue weighted by Crippen LogP contribution is 2.15. The Kier molecular flexibility index (Phi) is 8.60. The second-order valence-electron chi connectivity index (χ2n) is 4.70. The van der Waals surface area contributed by atoms with Gasteiger partial charge in [-0.05, 0) is 20.4 Å². The number of hydrogen-bond donors (Lipinski definition) is 1. The third-order valence-electron chi connectivity index (χ3n) is 2.68. The fourth-order valence-corrected chi connectivity index (χ4v) is 1.69. The van der Waals surface area contributed by atoms with Crippen molar-refractivity contribution in [1.29, 1.82) is 0 Å². The van der Waals surface area contributed by atoms with Gasteiger partial charge in [-0.2, -0.15) is 13.2 Å². The first-order valence-corrected chi connectivity index (χ1v) is 6.34. The molecule has 0 saturated carbocycles. The fourth-order valence-electron chi connectivity index (χ4n) is 1.69. The third-order valence-corrected chi connectivity index (χ3v) is 2.68. The molecule has 0 fully saturated rings. The van der Waals surface area contributed by atoms with Crippen molar-refractivity contribution >= 4 is 0 Å². The Labute approximate surface area is 103 Å². The number of halogens is 3. The average molecular weight is 254 g/mol. The molecule has 0 aliphatic heterocycles. The molecule has 0 radical (unpaired) electrons. The highest BCUT2D eigenvalue weighted by Gasteiger charge is 2.28. The summed E-state index contributed by atoms with van der Waals surface area (Å²) in [4.78, 5) is 1.30. The maximum atomic E-state index is 12.0. The molecule has 0 aliphatic rings. The molecule has 0 aromatic rings. The van der Waals surface area contributed by atoms with E-state index in [1.165, 1.54) is 31.2 Å². The molecule has 2 nitrogen and oxygen atoms in total. The number of likely N-dealkylation sites (N-methyl/N-ethyl adjacent to an activating group) is 1. The molecule has 1 atom stereocenters. The molecule has 0 rings (SSSR count). The number of alkyl halides is 3. The summed E-state index contributed by atoms with van der Waals surface area (Å²) in [7, 11) is 1.50. The lowest BCUT2D eigenvalue weighted by Gasteiger charge is -2.20. The van der Waals surface area contributed by atoms with Crippen LogP contribution in [0.5, 0.6) is 0 Å². The Morgan fingerprint density at radius 3 is 2.41 bits per heavy atom. The van der Waals surface area contributed by atoms with Gasteiger partial charge >= 0.3 is 6.18 Å². The fraction of sp³-hybridized carbons (Fsp3) is 1.00. The van der Waals surface area contributed by atoms with Gasteiger partial charge in [-0.1, -0.05) is 26.2 Å². The van der Waals surface area contributed by atoms with Gasteiger partial charge in [0.25, 0.3) is 0 Å². The summed E-state index contributed by atoms with van der Waals surface area (Å²) in [6.45, 7) is 4.44. The van der Waals surface area contributed by atoms with Crippen molar-refractivity contribution in [2.45, 2.75) is 51.7 Å². The first kappa shape index (κ1) is 16.7. The quantitative estimate of drug-likeness (QED) is 0.636. The Morgan fingerprint density at radius 2 is 1.88 bits per heavy atom. The summed E-state index contributed by atoms with van der Waals surface area (Å²) in [5, 5.41) is 3.25. The Bertz CT molecular complexity index is 183. The number of rotatable bonds is 9. The molecule has 0 aromatic heterocycles. The van der Waals surface area contributed by atoms with Gasteiger partial charge in [0, 0.05) is 19.1 Å². The van der Waals surface area contributed by atoms with Crippen LogP contribution in [0.1, 0.15) is 39.5 Å². The van der Waals surface area contributed by atoms with E-state index in [1.807, 2.05) is 0 Å². The molecule has 5 heteroatoms. The molecule has 104 valence electrons. The Morgan fingerprint density at radius 1 is 1.24 bits per heavy atom. The zero-order valence-electron chi connectivity index (χ0n) is 11.1. The number of nitrogens with zero attached hydrogens (tertiary/aromatic N) is 1. The number of hydrogen-bond acceptors (Lipinski definition) is 2. The topological polar surface area (TPSA) is 15.3 Å². The van der Waals surface area contributed by atoms with Crippen LogP contribution in [0.15, 0.2) is 0 Å². The molecule has 0 heterocycles. The van der Waals surface area contributed by atoms with E-state index in [9.17, 15) is 13.2 Å². The molecule has 0 bridgehead atoms. The zero-order valence-corrected chi connectivity index (χ0v) is 11.1. The molecule has 1 N–H and O–H groups in total. The van der Waals surface area contributed by atoms with Crippen LogP contribution < -0.4 is 5.32 Å². The van der Waals surface area contributed by atoms with Crippen LogP contribution in [-0.2, 0) is 0 Å². The van der Waals surface area contributed by atoms with E-state index in [4.69, 9.17) is 0 Å². The number of unbranched alkanes of at least 4 members (excludes halogenated alkanes) is 2. The van der Waals surface area contributed by atoms with E-state index >= 15 is 0 Å². The van der Waals surface area contributed by atoms with Crippen LogP contribution in [0.2, 0.25) is 0 Å². The van der Waals surface area contributed by atoms with Gasteiger partial charge in [-0.15, -0.1) is 0 Å². The maximum absolute atomic E-state index is 12.0. The van der Waals surface area contributed by atoms with Gasteiger partial charge < -0.3 is 5.32 Å². The number of nitrogens with one attached hydrogen (secondary N) is 1. The van der Waals surface area contributed by atoms with Gasteiger partial charge in [0.2, 0.25) is 0 Å². The van der Waals surface area contributed by atoms with Gasteiger partial charge in [-0.25, -0.2) is 0 Å². The summed E-state index contributed by atoms with van der Waals surface area (Å²) in [6.07, 6.45) is 0.600. The van der Waals surface area contributed by atoms with Crippen LogP contribution in [0.25, 0.3) is 0 Å². The molecule has 0 amide bonds. The maximum Gasteiger partial charge on any atom is 0.401 e. The lowest BCUT2D eigenvalue weighted by molar-refractivity contribution is -0.142. The highest BCUT2D eigenvalue weighted by molar-refractivity contribution is 4.64. The average Bonchev–Trinajstić information content (AvgIpc) is 2.15. The molecular formula is C12H25F3N2. The summed E-state index contributed by atoms with van der Waals surface area (Å²) < 4.78 is 36.1. The predicted molar refractivity (Wildman–Crippen MR) is 65.2 cm³/mol. The van der Waals surface area contributed by atoms with E-state index in [0.717, 1.165) is 6.42 Å². The minimum atomic E-state index is -4.10. The molecule has 0 saturated heterocycles. The second-order valence-corrected chi connectivity index (χ2v) is 4.70. The molecule has 0 aromatic carbocycles. The van der Waals surface area contributed by atoms with Crippen molar-refractivity contribution in [3.63, 3.8) is 0 Å². The molecular weight excluding hydrogens is 229 g/mol. The SMILES string of the molecule is CCCCCC(C)NCCN(C)CC(F)(F)F. The largest absolute Gasteiger partial charge is 0.401 e. The van der Waals surface area contributed by atoms with Crippen molar-refractivity contribution in [2.75, 3.05) is 26.7 Å². The van der Waals surface area contributed by atoms with Crippen molar-refractivity contribution < 1.29 is 13.2 Å². The van der Waals surface area contributed by atoms with Gasteiger partial charge in [0.1, 0.15) is 0 Å². The summed E-state index contributed by atoms with van der Waals surface area (Å²) in [6, 6.07) is 0.390. The van der Waals surface area contributed by atoms with Crippen LogP contribution in [0.3, 0.4) is 0 Å². The molecule has 0 aliphatic carbocycles. The van der Waals surface area contributed by atoms with Crippen LogP contribution in [-0.4, -0.2) is 43.8 Å². The van der Waals surface area contributed by atoms with Crippen molar-refractivity contribution in [3.8, 4) is 0 Å². The highest BCUT2D eigenvalue weighted by atomic mass is 19.4. The normalized spacial score (nSPS) is 14.3. The Hall–Kier alpha value is -0.290. The molecule has 1 unspecified atom stereocenters. The lowest BCUT2D eigenvalue weighted by Crippen LogP contribution is -2.38. The van der Waals surface area contributed by atoms with Crippen LogP contribution in [0, 0.1) is 0 Å². The minimum absolute atomic E-state index is 0.390. The van der Waals surface area contributed by atoms with E-state index in [1.54, 1.807) is 0 Å². The van der Waals surface area contributed by atoms with Crippen molar-refractivity contribution in [3.05, 3.63) is 0 Å². The van der Waals surface area contributed by atoms with Crippen LogP contribution in [0.4, 0.5) is 13.2 Å². The van der Waals surface area contributed by atoms with Crippen molar-refractivity contribution in [2.24, 2.45) is 0 Å².